The minimum absolute atomic E-state index is 0.162. The lowest BCUT2D eigenvalue weighted by Crippen LogP contribution is -2.29. The normalized spacial score (nSPS) is 12.0. The minimum atomic E-state index is -0.445. The fourth-order valence-corrected chi connectivity index (χ4v) is 2.64. The summed E-state index contributed by atoms with van der Waals surface area (Å²) in [6, 6.07) is 13.6. The average molecular weight is 367 g/mol. The van der Waals surface area contributed by atoms with Crippen LogP contribution in [0.25, 0.3) is 11.3 Å². The molecule has 0 bridgehead atoms. The fraction of sp³-hybridized carbons (Fsp3) is 0.105. The zero-order valence-electron chi connectivity index (χ0n) is 14.0. The van der Waals surface area contributed by atoms with Gasteiger partial charge in [0, 0.05) is 17.3 Å². The van der Waals surface area contributed by atoms with E-state index in [-0.39, 0.29) is 13.3 Å². The van der Waals surface area contributed by atoms with Gasteiger partial charge in [0.2, 0.25) is 12.7 Å². The standard InChI is InChI=1S/C19H14FN3O4/c20-13-2-4-14(5-3-13)21-18(24)10-23-19(25)8-6-15(22-23)12-1-7-16-17(9-12)27-11-26-16/h1-9H,10-11H2,(H,21,24). The molecule has 0 atom stereocenters. The van der Waals surface area contributed by atoms with Gasteiger partial charge in [0.15, 0.2) is 11.5 Å². The summed E-state index contributed by atoms with van der Waals surface area (Å²) in [6.07, 6.45) is 0. The highest BCUT2D eigenvalue weighted by molar-refractivity contribution is 5.90. The van der Waals surface area contributed by atoms with Crippen molar-refractivity contribution in [3.05, 3.63) is 70.8 Å². The van der Waals surface area contributed by atoms with Crippen LogP contribution in [0.4, 0.5) is 10.1 Å². The van der Waals surface area contributed by atoms with E-state index in [0.717, 1.165) is 10.2 Å². The molecule has 1 N–H and O–H groups in total. The number of nitrogens with zero attached hydrogens (tertiary/aromatic N) is 2. The number of benzene rings is 2. The van der Waals surface area contributed by atoms with Crippen LogP contribution >= 0.6 is 0 Å². The lowest BCUT2D eigenvalue weighted by atomic mass is 10.1. The maximum atomic E-state index is 12.9. The molecule has 27 heavy (non-hydrogen) atoms. The van der Waals surface area contributed by atoms with Gasteiger partial charge in [-0.05, 0) is 48.5 Å². The molecule has 0 fully saturated rings. The van der Waals surface area contributed by atoms with Gasteiger partial charge in [-0.2, -0.15) is 5.10 Å². The van der Waals surface area contributed by atoms with E-state index in [1.807, 2.05) is 0 Å². The van der Waals surface area contributed by atoms with E-state index in [0.29, 0.717) is 22.9 Å². The van der Waals surface area contributed by atoms with E-state index < -0.39 is 17.3 Å². The predicted molar refractivity (Wildman–Crippen MR) is 95.1 cm³/mol. The van der Waals surface area contributed by atoms with Crippen LogP contribution in [-0.2, 0) is 11.3 Å². The van der Waals surface area contributed by atoms with Crippen LogP contribution in [0.5, 0.6) is 11.5 Å². The first-order chi connectivity index (χ1) is 13.1. The zero-order chi connectivity index (χ0) is 18.8. The third-order valence-corrected chi connectivity index (χ3v) is 3.96. The van der Waals surface area contributed by atoms with Gasteiger partial charge in [-0.1, -0.05) is 0 Å². The molecule has 7 nitrogen and oxygen atoms in total. The molecule has 3 aromatic rings. The summed E-state index contributed by atoms with van der Waals surface area (Å²) in [7, 11) is 0. The molecule has 1 aliphatic rings. The van der Waals surface area contributed by atoms with Crippen LogP contribution in [0, 0.1) is 5.82 Å². The number of aromatic nitrogens is 2. The zero-order valence-corrected chi connectivity index (χ0v) is 14.0. The summed E-state index contributed by atoms with van der Waals surface area (Å²) in [6.45, 7) is -0.107. The number of nitrogens with one attached hydrogen (secondary N) is 1. The predicted octanol–water partition coefficient (Wildman–Crippen LogP) is 2.42. The van der Waals surface area contributed by atoms with Gasteiger partial charge in [-0.25, -0.2) is 9.07 Å². The molecular formula is C19H14FN3O4. The van der Waals surface area contributed by atoms with Crippen LogP contribution in [0.1, 0.15) is 0 Å². The summed E-state index contributed by atoms with van der Waals surface area (Å²) >= 11 is 0. The van der Waals surface area contributed by atoms with Crippen LogP contribution in [-0.4, -0.2) is 22.5 Å². The molecule has 1 amide bonds. The molecule has 4 rings (SSSR count). The van der Waals surface area contributed by atoms with Crippen molar-refractivity contribution in [3.8, 4) is 22.8 Å². The van der Waals surface area contributed by atoms with Crippen molar-refractivity contribution in [2.45, 2.75) is 6.54 Å². The molecule has 0 unspecified atom stereocenters. The molecular weight excluding hydrogens is 353 g/mol. The number of amides is 1. The molecule has 2 aromatic carbocycles. The number of carbonyl (C=O) groups is 1. The van der Waals surface area contributed by atoms with Gasteiger partial charge in [-0.3, -0.25) is 9.59 Å². The first-order valence-corrected chi connectivity index (χ1v) is 8.12. The smallest absolute Gasteiger partial charge is 0.267 e. The highest BCUT2D eigenvalue weighted by Crippen LogP contribution is 2.35. The van der Waals surface area contributed by atoms with Crippen molar-refractivity contribution in [3.63, 3.8) is 0 Å². The Hall–Kier alpha value is -3.68. The molecule has 136 valence electrons. The van der Waals surface area contributed by atoms with Crippen LogP contribution in [0.15, 0.2) is 59.4 Å². The van der Waals surface area contributed by atoms with Crippen LogP contribution in [0.3, 0.4) is 0 Å². The SMILES string of the molecule is O=C(Cn1nc(-c2ccc3c(c2)OCO3)ccc1=O)Nc1ccc(F)cc1. The number of carbonyl (C=O) groups excluding carboxylic acids is 1. The Morgan fingerprint density at radius 3 is 2.67 bits per heavy atom. The molecule has 2 heterocycles. The highest BCUT2D eigenvalue weighted by Gasteiger charge is 2.15. The Bertz CT molecular complexity index is 1060. The van der Waals surface area contributed by atoms with Gasteiger partial charge in [-0.15, -0.1) is 0 Å². The molecule has 1 aliphatic heterocycles. The molecule has 0 spiro atoms. The summed E-state index contributed by atoms with van der Waals surface area (Å²) in [5, 5.41) is 6.85. The topological polar surface area (TPSA) is 82.5 Å². The second-order valence-electron chi connectivity index (χ2n) is 5.84. The van der Waals surface area contributed by atoms with E-state index in [1.165, 1.54) is 30.3 Å². The summed E-state index contributed by atoms with van der Waals surface area (Å²) in [4.78, 5) is 24.2. The Labute approximate surface area is 153 Å². The maximum Gasteiger partial charge on any atom is 0.267 e. The van der Waals surface area contributed by atoms with Crippen LogP contribution in [0.2, 0.25) is 0 Å². The van der Waals surface area contributed by atoms with E-state index in [4.69, 9.17) is 9.47 Å². The van der Waals surface area contributed by atoms with Gasteiger partial charge in [0.05, 0.1) is 5.69 Å². The molecule has 1 aromatic heterocycles. The largest absolute Gasteiger partial charge is 0.454 e. The van der Waals surface area contributed by atoms with Gasteiger partial charge in [0.1, 0.15) is 12.4 Å². The van der Waals surface area contributed by atoms with Gasteiger partial charge < -0.3 is 14.8 Å². The third-order valence-electron chi connectivity index (χ3n) is 3.96. The molecule has 0 saturated heterocycles. The Balaban J connectivity index is 1.54. The van der Waals surface area contributed by atoms with Crippen molar-refractivity contribution in [2.75, 3.05) is 12.1 Å². The number of ether oxygens (including phenoxy) is 2. The Morgan fingerprint density at radius 2 is 1.85 bits per heavy atom. The van der Waals surface area contributed by atoms with Crippen molar-refractivity contribution in [1.82, 2.24) is 9.78 Å². The summed E-state index contributed by atoms with van der Waals surface area (Å²) in [5.41, 5.74) is 1.27. The second-order valence-corrected chi connectivity index (χ2v) is 5.84. The number of fused-ring (bicyclic) bond motifs is 1. The van der Waals surface area contributed by atoms with E-state index in [9.17, 15) is 14.0 Å². The second kappa shape index (κ2) is 6.91. The Kier molecular flexibility index (Phi) is 4.29. The van der Waals surface area contributed by atoms with E-state index in [1.54, 1.807) is 24.3 Å². The number of hydrogen-bond acceptors (Lipinski definition) is 5. The molecule has 0 radical (unpaired) electrons. The van der Waals surface area contributed by atoms with E-state index >= 15 is 0 Å². The third kappa shape index (κ3) is 3.64. The molecule has 0 saturated carbocycles. The van der Waals surface area contributed by atoms with Crippen molar-refractivity contribution in [1.29, 1.82) is 0 Å². The average Bonchev–Trinajstić information content (AvgIpc) is 3.13. The maximum absolute atomic E-state index is 12.9. The number of anilines is 1. The summed E-state index contributed by atoms with van der Waals surface area (Å²) < 4.78 is 24.6. The van der Waals surface area contributed by atoms with Gasteiger partial charge >= 0.3 is 0 Å². The lowest BCUT2D eigenvalue weighted by Gasteiger charge is -2.09. The first-order valence-electron chi connectivity index (χ1n) is 8.12. The first kappa shape index (κ1) is 16.8. The number of hydrogen-bond donors (Lipinski definition) is 1. The fourth-order valence-electron chi connectivity index (χ4n) is 2.64. The van der Waals surface area contributed by atoms with Crippen molar-refractivity contribution < 1.29 is 18.7 Å². The summed E-state index contributed by atoms with van der Waals surface area (Å²) in [5.74, 6) is 0.396. The Morgan fingerprint density at radius 1 is 1.07 bits per heavy atom. The van der Waals surface area contributed by atoms with Crippen molar-refractivity contribution in [2.24, 2.45) is 0 Å². The monoisotopic (exact) mass is 367 g/mol. The molecule has 0 aliphatic carbocycles. The highest BCUT2D eigenvalue weighted by atomic mass is 19.1. The lowest BCUT2D eigenvalue weighted by molar-refractivity contribution is -0.117. The minimum Gasteiger partial charge on any atom is -0.454 e. The quantitative estimate of drug-likeness (QED) is 0.766. The molecule has 8 heteroatoms. The van der Waals surface area contributed by atoms with Crippen LogP contribution < -0.4 is 20.3 Å². The van der Waals surface area contributed by atoms with E-state index in [2.05, 4.69) is 10.4 Å². The number of halogens is 1. The number of rotatable bonds is 4. The van der Waals surface area contributed by atoms with Gasteiger partial charge in [0.25, 0.3) is 5.56 Å². The van der Waals surface area contributed by atoms with Crippen molar-refractivity contribution >= 4 is 11.6 Å².